The maximum absolute atomic E-state index is 5.70. The normalized spacial score (nSPS) is 13.9. The molecule has 0 spiro atoms. The third-order valence-corrected chi connectivity index (χ3v) is 3.55. The summed E-state index contributed by atoms with van der Waals surface area (Å²) in [6.45, 7) is 7.71. The van der Waals surface area contributed by atoms with Gasteiger partial charge >= 0.3 is 0 Å². The molecule has 1 heterocycles. The van der Waals surface area contributed by atoms with Crippen LogP contribution in [0.1, 0.15) is 32.3 Å². The molecule has 1 N–H and O–H groups in total. The lowest BCUT2D eigenvalue weighted by Crippen LogP contribution is -2.23. The Balaban J connectivity index is 1.93. The lowest BCUT2D eigenvalue weighted by molar-refractivity contribution is 0.169. The van der Waals surface area contributed by atoms with Crippen LogP contribution in [0.3, 0.4) is 0 Å². The molecule has 1 aliphatic heterocycles. The molecule has 1 aliphatic rings. The minimum atomic E-state index is 0.649. The zero-order valence-corrected chi connectivity index (χ0v) is 11.4. The van der Waals surface area contributed by atoms with Crippen molar-refractivity contribution in [2.45, 2.75) is 33.2 Å². The third kappa shape index (κ3) is 3.16. The van der Waals surface area contributed by atoms with Crippen molar-refractivity contribution in [2.24, 2.45) is 5.92 Å². The Morgan fingerprint density at radius 1 is 1.17 bits per heavy atom. The van der Waals surface area contributed by atoms with Crippen LogP contribution in [0.2, 0.25) is 0 Å². The molecular weight excluding hydrogens is 226 g/mol. The fourth-order valence-electron chi connectivity index (χ4n) is 2.26. The average Bonchev–Trinajstić information content (AvgIpc) is 2.44. The molecule has 0 saturated carbocycles. The Labute approximate surface area is 109 Å². The highest BCUT2D eigenvalue weighted by Crippen LogP contribution is 2.33. The lowest BCUT2D eigenvalue weighted by Gasteiger charge is -2.21. The summed E-state index contributed by atoms with van der Waals surface area (Å²) < 4.78 is 11.3. The molecule has 2 rings (SSSR count). The van der Waals surface area contributed by atoms with Gasteiger partial charge in [0, 0.05) is 12.1 Å². The maximum atomic E-state index is 5.70. The second kappa shape index (κ2) is 6.64. The Hall–Kier alpha value is -1.22. The average molecular weight is 249 g/mol. The standard InChI is InChI=1S/C15H23NO2/c1-3-12(4-2)10-16-11-13-6-5-7-14-15(13)18-9-8-17-14/h5-7,12,16H,3-4,8-11H2,1-2H3. The molecule has 0 fully saturated rings. The molecule has 3 nitrogen and oxygen atoms in total. The van der Waals surface area contributed by atoms with Crippen molar-refractivity contribution >= 4 is 0 Å². The Morgan fingerprint density at radius 2 is 1.94 bits per heavy atom. The van der Waals surface area contributed by atoms with Gasteiger partial charge in [-0.15, -0.1) is 0 Å². The van der Waals surface area contributed by atoms with E-state index in [1.54, 1.807) is 0 Å². The van der Waals surface area contributed by atoms with Crippen molar-refractivity contribution < 1.29 is 9.47 Å². The van der Waals surface area contributed by atoms with Crippen LogP contribution in [0.4, 0.5) is 0 Å². The fraction of sp³-hybridized carbons (Fsp3) is 0.600. The van der Waals surface area contributed by atoms with Crippen LogP contribution >= 0.6 is 0 Å². The summed E-state index contributed by atoms with van der Waals surface area (Å²) in [6, 6.07) is 6.11. The van der Waals surface area contributed by atoms with Crippen LogP contribution in [0, 0.1) is 5.92 Å². The van der Waals surface area contributed by atoms with E-state index in [0.717, 1.165) is 30.5 Å². The number of para-hydroxylation sites is 1. The van der Waals surface area contributed by atoms with Crippen LogP contribution in [0.25, 0.3) is 0 Å². The summed E-state index contributed by atoms with van der Waals surface area (Å²) in [5.74, 6) is 2.56. The van der Waals surface area contributed by atoms with Crippen molar-refractivity contribution in [3.05, 3.63) is 23.8 Å². The van der Waals surface area contributed by atoms with Gasteiger partial charge in [-0.2, -0.15) is 0 Å². The summed E-state index contributed by atoms with van der Waals surface area (Å²) in [5.41, 5.74) is 1.19. The number of rotatable bonds is 6. The molecule has 0 atom stereocenters. The summed E-state index contributed by atoms with van der Waals surface area (Å²) in [7, 11) is 0. The van der Waals surface area contributed by atoms with E-state index < -0.39 is 0 Å². The lowest BCUT2D eigenvalue weighted by atomic mass is 10.0. The van der Waals surface area contributed by atoms with E-state index in [1.807, 2.05) is 12.1 Å². The first kappa shape index (κ1) is 13.2. The van der Waals surface area contributed by atoms with Gasteiger partial charge in [-0.3, -0.25) is 0 Å². The second-order valence-electron chi connectivity index (χ2n) is 4.75. The summed E-state index contributed by atoms with van der Waals surface area (Å²) in [4.78, 5) is 0. The molecule has 0 amide bonds. The monoisotopic (exact) mass is 249 g/mol. The predicted octanol–water partition coefficient (Wildman–Crippen LogP) is 2.98. The van der Waals surface area contributed by atoms with Crippen molar-refractivity contribution in [3.63, 3.8) is 0 Å². The smallest absolute Gasteiger partial charge is 0.165 e. The first-order chi connectivity index (χ1) is 8.85. The third-order valence-electron chi connectivity index (χ3n) is 3.55. The van der Waals surface area contributed by atoms with Gasteiger partial charge in [0.2, 0.25) is 0 Å². The van der Waals surface area contributed by atoms with Gasteiger partial charge in [-0.25, -0.2) is 0 Å². The van der Waals surface area contributed by atoms with Crippen molar-refractivity contribution in [1.82, 2.24) is 5.32 Å². The molecule has 0 radical (unpaired) electrons. The van der Waals surface area contributed by atoms with Crippen LogP contribution in [-0.4, -0.2) is 19.8 Å². The van der Waals surface area contributed by atoms with Crippen molar-refractivity contribution in [3.8, 4) is 11.5 Å². The summed E-state index contributed by atoms with van der Waals surface area (Å²) in [6.07, 6.45) is 2.46. The Kier molecular flexibility index (Phi) is 4.88. The van der Waals surface area contributed by atoms with Crippen LogP contribution in [-0.2, 0) is 6.54 Å². The van der Waals surface area contributed by atoms with Gasteiger partial charge in [0.25, 0.3) is 0 Å². The molecule has 1 aromatic carbocycles. The van der Waals surface area contributed by atoms with E-state index >= 15 is 0 Å². The highest BCUT2D eigenvalue weighted by molar-refractivity contribution is 5.47. The molecule has 3 heteroatoms. The molecule has 0 saturated heterocycles. The van der Waals surface area contributed by atoms with E-state index in [0.29, 0.717) is 13.2 Å². The minimum Gasteiger partial charge on any atom is -0.486 e. The predicted molar refractivity (Wildman–Crippen MR) is 73.2 cm³/mol. The van der Waals surface area contributed by atoms with Gasteiger partial charge in [0.15, 0.2) is 11.5 Å². The number of benzene rings is 1. The van der Waals surface area contributed by atoms with E-state index in [-0.39, 0.29) is 0 Å². The Bertz CT molecular complexity index is 375. The summed E-state index contributed by atoms with van der Waals surface area (Å²) >= 11 is 0. The molecule has 0 bridgehead atoms. The summed E-state index contributed by atoms with van der Waals surface area (Å²) in [5, 5.41) is 3.52. The molecular formula is C15H23NO2. The van der Waals surface area contributed by atoms with Crippen molar-refractivity contribution in [2.75, 3.05) is 19.8 Å². The number of fused-ring (bicyclic) bond motifs is 1. The van der Waals surface area contributed by atoms with E-state index in [2.05, 4.69) is 25.2 Å². The largest absolute Gasteiger partial charge is 0.486 e. The number of hydrogen-bond acceptors (Lipinski definition) is 3. The van der Waals surface area contributed by atoms with Crippen molar-refractivity contribution in [1.29, 1.82) is 0 Å². The highest BCUT2D eigenvalue weighted by Gasteiger charge is 2.15. The Morgan fingerprint density at radius 3 is 2.72 bits per heavy atom. The molecule has 100 valence electrons. The van der Waals surface area contributed by atoms with E-state index in [1.165, 1.54) is 18.4 Å². The van der Waals surface area contributed by atoms with Crippen LogP contribution < -0.4 is 14.8 Å². The molecule has 1 aromatic rings. The van der Waals surface area contributed by atoms with Gasteiger partial charge in [-0.05, 0) is 18.5 Å². The zero-order valence-electron chi connectivity index (χ0n) is 11.4. The van der Waals surface area contributed by atoms with Gasteiger partial charge in [0.05, 0.1) is 0 Å². The first-order valence-corrected chi connectivity index (χ1v) is 6.93. The first-order valence-electron chi connectivity index (χ1n) is 6.93. The molecule has 0 aromatic heterocycles. The van der Waals surface area contributed by atoms with E-state index in [9.17, 15) is 0 Å². The molecule has 0 aliphatic carbocycles. The second-order valence-corrected chi connectivity index (χ2v) is 4.75. The highest BCUT2D eigenvalue weighted by atomic mass is 16.6. The molecule has 0 unspecified atom stereocenters. The maximum Gasteiger partial charge on any atom is 0.165 e. The van der Waals surface area contributed by atoms with Crippen LogP contribution in [0.15, 0.2) is 18.2 Å². The van der Waals surface area contributed by atoms with Gasteiger partial charge in [-0.1, -0.05) is 38.8 Å². The van der Waals surface area contributed by atoms with E-state index in [4.69, 9.17) is 9.47 Å². The van der Waals surface area contributed by atoms with Gasteiger partial charge < -0.3 is 14.8 Å². The quantitative estimate of drug-likeness (QED) is 0.840. The fourth-order valence-corrected chi connectivity index (χ4v) is 2.26. The zero-order chi connectivity index (χ0) is 12.8. The van der Waals surface area contributed by atoms with Gasteiger partial charge in [0.1, 0.15) is 13.2 Å². The topological polar surface area (TPSA) is 30.5 Å². The molecule has 18 heavy (non-hydrogen) atoms. The minimum absolute atomic E-state index is 0.649. The van der Waals surface area contributed by atoms with Crippen LogP contribution in [0.5, 0.6) is 11.5 Å². The number of ether oxygens (including phenoxy) is 2. The number of hydrogen-bond donors (Lipinski definition) is 1. The number of nitrogens with one attached hydrogen (secondary N) is 1. The SMILES string of the molecule is CCC(CC)CNCc1cccc2c1OCCO2.